The van der Waals surface area contributed by atoms with Gasteiger partial charge in [0.2, 0.25) is 5.91 Å². The zero-order valence-electron chi connectivity index (χ0n) is 6.16. The predicted molar refractivity (Wildman–Crippen MR) is 50.7 cm³/mol. The highest BCUT2D eigenvalue weighted by Gasteiger charge is 2.24. The van der Waals surface area contributed by atoms with Crippen LogP contribution in [0.1, 0.15) is 5.56 Å². The molecule has 0 radical (unpaired) electrons. The first-order chi connectivity index (χ1) is 5.29. The van der Waals surface area contributed by atoms with Crippen LogP contribution in [0.25, 0.3) is 0 Å². The zero-order valence-corrected chi connectivity index (χ0v) is 7.73. The normalized spacial score (nSPS) is 14.1. The zero-order chi connectivity index (χ0) is 7.84. The van der Waals surface area contributed by atoms with Crippen molar-refractivity contribution in [3.05, 3.63) is 29.8 Å². The Hall–Kier alpha value is -0.730. The SMILES string of the molecule is Cl.O=C1Cc2ccccc2N1Cl. The third-order valence-electron chi connectivity index (χ3n) is 1.76. The molecule has 0 bridgehead atoms. The number of halogens is 2. The minimum Gasteiger partial charge on any atom is -0.273 e. The molecule has 0 saturated heterocycles. The molecule has 0 fully saturated rings. The molecular weight excluding hydrogens is 197 g/mol. The molecule has 1 heterocycles. The van der Waals surface area contributed by atoms with E-state index in [1.54, 1.807) is 0 Å². The number of nitrogens with zero attached hydrogens (tertiary/aromatic N) is 1. The van der Waals surface area contributed by atoms with E-state index in [1.807, 2.05) is 24.3 Å². The van der Waals surface area contributed by atoms with E-state index >= 15 is 0 Å². The molecule has 0 aliphatic carbocycles. The second-order valence-corrected chi connectivity index (χ2v) is 2.82. The van der Waals surface area contributed by atoms with Crippen molar-refractivity contribution in [2.24, 2.45) is 0 Å². The van der Waals surface area contributed by atoms with Gasteiger partial charge in [-0.3, -0.25) is 4.79 Å². The number of amides is 1. The molecule has 1 aliphatic heterocycles. The van der Waals surface area contributed by atoms with Crippen LogP contribution in [0.5, 0.6) is 0 Å². The molecule has 1 aromatic rings. The van der Waals surface area contributed by atoms with E-state index in [1.165, 1.54) is 4.42 Å². The summed E-state index contributed by atoms with van der Waals surface area (Å²) in [5.41, 5.74) is 1.83. The summed E-state index contributed by atoms with van der Waals surface area (Å²) in [5, 5.41) is 0. The summed E-state index contributed by atoms with van der Waals surface area (Å²) in [6.45, 7) is 0. The summed E-state index contributed by atoms with van der Waals surface area (Å²) in [6, 6.07) is 7.53. The highest BCUT2D eigenvalue weighted by Crippen LogP contribution is 2.29. The smallest absolute Gasteiger partial charge is 0.246 e. The quantitative estimate of drug-likeness (QED) is 0.593. The average Bonchev–Trinajstić information content (AvgIpc) is 2.30. The molecule has 0 N–H and O–H groups in total. The number of anilines is 1. The minimum absolute atomic E-state index is 0. The van der Waals surface area contributed by atoms with Crippen molar-refractivity contribution in [2.45, 2.75) is 6.42 Å². The number of carbonyl (C=O) groups excluding carboxylic acids is 1. The van der Waals surface area contributed by atoms with Gasteiger partial charge in [-0.2, -0.15) is 0 Å². The molecule has 12 heavy (non-hydrogen) atoms. The van der Waals surface area contributed by atoms with Gasteiger partial charge in [0.25, 0.3) is 0 Å². The van der Waals surface area contributed by atoms with Crippen molar-refractivity contribution >= 4 is 35.8 Å². The Balaban J connectivity index is 0.000000720. The molecule has 1 amide bonds. The van der Waals surface area contributed by atoms with Crippen molar-refractivity contribution in [3.8, 4) is 0 Å². The van der Waals surface area contributed by atoms with Crippen molar-refractivity contribution in [3.63, 3.8) is 0 Å². The fourth-order valence-electron chi connectivity index (χ4n) is 1.22. The maximum atomic E-state index is 11.0. The van der Waals surface area contributed by atoms with Crippen LogP contribution in [0.4, 0.5) is 5.69 Å². The van der Waals surface area contributed by atoms with Crippen molar-refractivity contribution in [1.29, 1.82) is 0 Å². The van der Waals surface area contributed by atoms with Crippen molar-refractivity contribution < 1.29 is 4.79 Å². The first kappa shape index (κ1) is 9.36. The Morgan fingerprint density at radius 3 is 2.67 bits per heavy atom. The maximum Gasteiger partial charge on any atom is 0.246 e. The Bertz CT molecular complexity index is 314. The summed E-state index contributed by atoms with van der Waals surface area (Å²) in [4.78, 5) is 11.0. The summed E-state index contributed by atoms with van der Waals surface area (Å²) in [5.74, 6) is -0.0483. The van der Waals surface area contributed by atoms with Crippen LogP contribution in [0.2, 0.25) is 0 Å². The van der Waals surface area contributed by atoms with Gasteiger partial charge in [-0.15, -0.1) is 12.4 Å². The molecule has 4 heteroatoms. The van der Waals surface area contributed by atoms with Gasteiger partial charge in [0.15, 0.2) is 0 Å². The van der Waals surface area contributed by atoms with Gasteiger partial charge in [-0.1, -0.05) is 18.2 Å². The fraction of sp³-hybridized carbons (Fsp3) is 0.125. The monoisotopic (exact) mass is 203 g/mol. The van der Waals surface area contributed by atoms with E-state index in [0.717, 1.165) is 11.3 Å². The van der Waals surface area contributed by atoms with Crippen LogP contribution in [-0.2, 0) is 11.2 Å². The molecule has 64 valence electrons. The Labute approximate surface area is 81.6 Å². The number of benzene rings is 1. The topological polar surface area (TPSA) is 20.3 Å². The number of rotatable bonds is 0. The molecule has 0 unspecified atom stereocenters. The third-order valence-corrected chi connectivity index (χ3v) is 2.13. The molecule has 2 rings (SSSR count). The summed E-state index contributed by atoms with van der Waals surface area (Å²) >= 11 is 5.68. The molecular formula is C8H7Cl2NO. The molecule has 0 atom stereocenters. The van der Waals surface area contributed by atoms with Gasteiger partial charge in [0.05, 0.1) is 12.1 Å². The third kappa shape index (κ3) is 1.28. The highest BCUT2D eigenvalue weighted by molar-refractivity contribution is 6.38. The van der Waals surface area contributed by atoms with Crippen LogP contribution in [0.15, 0.2) is 24.3 Å². The summed E-state index contributed by atoms with van der Waals surface area (Å²) in [6.07, 6.45) is 0.430. The van der Waals surface area contributed by atoms with Crippen LogP contribution < -0.4 is 4.42 Å². The van der Waals surface area contributed by atoms with Crippen LogP contribution in [0, 0.1) is 0 Å². The fourth-order valence-corrected chi connectivity index (χ4v) is 1.44. The Kier molecular flexibility index (Phi) is 2.60. The van der Waals surface area contributed by atoms with Crippen LogP contribution in [-0.4, -0.2) is 5.91 Å². The Morgan fingerprint density at radius 1 is 1.33 bits per heavy atom. The minimum atomic E-state index is -0.0483. The molecule has 0 aromatic heterocycles. The van der Waals surface area contributed by atoms with E-state index in [-0.39, 0.29) is 18.3 Å². The molecule has 1 aromatic carbocycles. The molecule has 1 aliphatic rings. The van der Waals surface area contributed by atoms with E-state index in [0.29, 0.717) is 6.42 Å². The number of hydrogen-bond donors (Lipinski definition) is 0. The number of fused-ring (bicyclic) bond motifs is 1. The van der Waals surface area contributed by atoms with E-state index in [4.69, 9.17) is 11.8 Å². The predicted octanol–water partition coefficient (Wildman–Crippen LogP) is 2.15. The van der Waals surface area contributed by atoms with Gasteiger partial charge in [0, 0.05) is 11.8 Å². The first-order valence-electron chi connectivity index (χ1n) is 3.35. The molecule has 0 saturated carbocycles. The maximum absolute atomic E-state index is 11.0. The first-order valence-corrected chi connectivity index (χ1v) is 3.69. The van der Waals surface area contributed by atoms with Crippen LogP contribution in [0.3, 0.4) is 0 Å². The van der Waals surface area contributed by atoms with Gasteiger partial charge in [-0.25, -0.2) is 4.42 Å². The van der Waals surface area contributed by atoms with Crippen molar-refractivity contribution in [2.75, 3.05) is 4.42 Å². The molecule has 0 spiro atoms. The number of para-hydroxylation sites is 1. The summed E-state index contributed by atoms with van der Waals surface area (Å²) in [7, 11) is 0. The lowest BCUT2D eigenvalue weighted by atomic mass is 10.2. The van der Waals surface area contributed by atoms with E-state index in [2.05, 4.69) is 0 Å². The van der Waals surface area contributed by atoms with Gasteiger partial charge in [-0.05, 0) is 11.6 Å². The van der Waals surface area contributed by atoms with Gasteiger partial charge < -0.3 is 0 Å². The second kappa shape index (κ2) is 3.33. The second-order valence-electron chi connectivity index (χ2n) is 2.48. The summed E-state index contributed by atoms with van der Waals surface area (Å²) < 4.78 is 1.18. The van der Waals surface area contributed by atoms with Gasteiger partial charge >= 0.3 is 0 Å². The largest absolute Gasteiger partial charge is 0.273 e. The van der Waals surface area contributed by atoms with E-state index < -0.39 is 0 Å². The standard InChI is InChI=1S/C8H6ClNO.ClH/c9-10-7-4-2-1-3-6(7)5-8(10)11;/h1-4H,5H2;1H. The van der Waals surface area contributed by atoms with Gasteiger partial charge in [0.1, 0.15) is 0 Å². The lowest BCUT2D eigenvalue weighted by Gasteiger charge is -2.04. The Morgan fingerprint density at radius 2 is 2.00 bits per heavy atom. The molecule has 2 nitrogen and oxygen atoms in total. The number of carbonyl (C=O) groups is 1. The van der Waals surface area contributed by atoms with Crippen LogP contribution >= 0.6 is 24.2 Å². The van der Waals surface area contributed by atoms with Crippen molar-refractivity contribution in [1.82, 2.24) is 0 Å². The van der Waals surface area contributed by atoms with E-state index in [9.17, 15) is 4.79 Å². The highest BCUT2D eigenvalue weighted by atomic mass is 35.5. The number of hydrogen-bond acceptors (Lipinski definition) is 1. The lowest BCUT2D eigenvalue weighted by Crippen LogP contribution is -2.13. The average molecular weight is 204 g/mol. The lowest BCUT2D eigenvalue weighted by molar-refractivity contribution is -0.116.